The van der Waals surface area contributed by atoms with E-state index in [-0.39, 0.29) is 24.2 Å². The molecule has 8 heteroatoms. The number of fused-ring (bicyclic) bond motifs is 1. The summed E-state index contributed by atoms with van der Waals surface area (Å²) in [5, 5.41) is 9.68. The number of nitrogens with zero attached hydrogens (tertiary/aromatic N) is 1. The second-order valence-corrected chi connectivity index (χ2v) is 11.4. The van der Waals surface area contributed by atoms with E-state index in [1.165, 1.54) is 7.11 Å². The highest BCUT2D eigenvalue weighted by atomic mass is 127. The van der Waals surface area contributed by atoms with Crippen LogP contribution in [0, 0.1) is 3.57 Å². The molecule has 2 atom stereocenters. The van der Waals surface area contributed by atoms with Crippen LogP contribution in [0.3, 0.4) is 0 Å². The van der Waals surface area contributed by atoms with Crippen LogP contribution in [0.25, 0.3) is 11.6 Å². The Morgan fingerprint density at radius 1 is 1.38 bits per heavy atom. The van der Waals surface area contributed by atoms with E-state index in [1.54, 1.807) is 12.3 Å². The van der Waals surface area contributed by atoms with E-state index in [4.69, 9.17) is 9.47 Å². The maximum atomic E-state index is 12.5. The normalized spacial score (nSPS) is 22.3. The van der Waals surface area contributed by atoms with Gasteiger partial charge in [-0.15, -0.1) is 0 Å². The van der Waals surface area contributed by atoms with Crippen molar-refractivity contribution in [3.8, 4) is 11.5 Å². The van der Waals surface area contributed by atoms with Crippen LogP contribution in [0.5, 0.6) is 11.5 Å². The molecular weight excluding hydrogens is 541 g/mol. The third-order valence-electron chi connectivity index (χ3n) is 6.07. The lowest BCUT2D eigenvalue weighted by molar-refractivity contribution is 0.118. The van der Waals surface area contributed by atoms with Crippen LogP contribution in [0.2, 0.25) is 0 Å². The summed E-state index contributed by atoms with van der Waals surface area (Å²) in [6.45, 7) is 2.26. The van der Waals surface area contributed by atoms with Gasteiger partial charge in [-0.1, -0.05) is 18.6 Å². The Morgan fingerprint density at radius 2 is 2.19 bits per heavy atom. The van der Waals surface area contributed by atoms with Gasteiger partial charge in [0.25, 0.3) is 0 Å². The smallest absolute Gasteiger partial charge is 0.171 e. The zero-order valence-corrected chi connectivity index (χ0v) is 21.0. The molecule has 1 fully saturated rings. The van der Waals surface area contributed by atoms with Gasteiger partial charge >= 0.3 is 0 Å². The maximum absolute atomic E-state index is 12.5. The Hall–Kier alpha value is -1.91. The highest BCUT2D eigenvalue weighted by Crippen LogP contribution is 2.40. The Balaban J connectivity index is 1.64. The van der Waals surface area contributed by atoms with Gasteiger partial charge in [0.2, 0.25) is 0 Å². The standard InChI is InChI=1S/C24H26INO5S/c1-3-16-14-32(28,29)22-13-31-20(23(16)22)8-7-17(19-6-4-5-9-26-19)10-15-11-18(25)24(27)21(12-15)30-2/h4-6,9-12,20,22,27H,3,7-8,13-14H2,1-2H3/b17-10-/t20-,22+/m1/s1. The lowest BCUT2D eigenvalue weighted by Crippen LogP contribution is -2.19. The summed E-state index contributed by atoms with van der Waals surface area (Å²) in [4.78, 5) is 4.52. The molecule has 0 spiro atoms. The Morgan fingerprint density at radius 3 is 2.88 bits per heavy atom. The predicted octanol–water partition coefficient (Wildman–Crippen LogP) is 4.62. The van der Waals surface area contributed by atoms with E-state index in [1.807, 2.05) is 37.3 Å². The first kappa shape index (κ1) is 23.3. The molecule has 32 heavy (non-hydrogen) atoms. The van der Waals surface area contributed by atoms with Crippen molar-refractivity contribution in [2.75, 3.05) is 19.5 Å². The fraction of sp³-hybridized carbons (Fsp3) is 0.375. The number of hydrogen-bond acceptors (Lipinski definition) is 6. The van der Waals surface area contributed by atoms with E-state index in [2.05, 4.69) is 27.6 Å². The van der Waals surface area contributed by atoms with Gasteiger partial charge in [0.05, 0.1) is 34.8 Å². The fourth-order valence-electron chi connectivity index (χ4n) is 4.46. The number of pyridine rings is 1. The van der Waals surface area contributed by atoms with Gasteiger partial charge in [0.15, 0.2) is 21.3 Å². The zero-order valence-electron chi connectivity index (χ0n) is 18.0. The van der Waals surface area contributed by atoms with Crippen LogP contribution in [-0.4, -0.2) is 49.3 Å². The topological polar surface area (TPSA) is 85.7 Å². The largest absolute Gasteiger partial charge is 0.504 e. The molecule has 0 aliphatic carbocycles. The molecule has 1 aromatic heterocycles. The number of phenols is 1. The molecule has 1 aromatic carbocycles. The number of hydrogen-bond donors (Lipinski definition) is 1. The number of sulfone groups is 1. The van der Waals surface area contributed by atoms with Crippen molar-refractivity contribution >= 4 is 44.1 Å². The summed E-state index contributed by atoms with van der Waals surface area (Å²) < 4.78 is 37.0. The van der Waals surface area contributed by atoms with Crippen molar-refractivity contribution in [2.45, 2.75) is 37.5 Å². The summed E-state index contributed by atoms with van der Waals surface area (Å²) in [6.07, 6.45) is 5.70. The highest BCUT2D eigenvalue weighted by molar-refractivity contribution is 14.1. The van der Waals surface area contributed by atoms with Crippen LogP contribution < -0.4 is 4.74 Å². The predicted molar refractivity (Wildman–Crippen MR) is 133 cm³/mol. The van der Waals surface area contributed by atoms with E-state index < -0.39 is 15.1 Å². The van der Waals surface area contributed by atoms with Crippen molar-refractivity contribution in [2.24, 2.45) is 0 Å². The van der Waals surface area contributed by atoms with Gasteiger partial charge in [-0.25, -0.2) is 8.42 Å². The monoisotopic (exact) mass is 567 g/mol. The molecule has 170 valence electrons. The summed E-state index contributed by atoms with van der Waals surface area (Å²) in [5.74, 6) is 0.703. The van der Waals surface area contributed by atoms with Gasteiger partial charge in [0, 0.05) is 6.20 Å². The maximum Gasteiger partial charge on any atom is 0.171 e. The minimum Gasteiger partial charge on any atom is -0.504 e. The van der Waals surface area contributed by atoms with Gasteiger partial charge in [-0.3, -0.25) is 4.98 Å². The number of phenolic OH excluding ortho intramolecular Hbond substituents is 1. The number of benzene rings is 1. The lowest BCUT2D eigenvalue weighted by atomic mass is 9.94. The second-order valence-electron chi connectivity index (χ2n) is 8.01. The Labute approximate surface area is 202 Å². The number of ether oxygens (including phenoxy) is 2. The molecule has 2 aliphatic rings. The number of methoxy groups -OCH3 is 1. The van der Waals surface area contributed by atoms with Crippen LogP contribution >= 0.6 is 22.6 Å². The summed E-state index contributed by atoms with van der Waals surface area (Å²) >= 11 is 2.08. The van der Waals surface area contributed by atoms with Gasteiger partial charge in [-0.05, 0) is 88.9 Å². The molecule has 0 radical (unpaired) electrons. The number of aromatic hydroxyl groups is 1. The van der Waals surface area contributed by atoms with E-state index >= 15 is 0 Å². The van der Waals surface area contributed by atoms with Crippen molar-refractivity contribution in [1.29, 1.82) is 0 Å². The second kappa shape index (κ2) is 9.52. The van der Waals surface area contributed by atoms with Gasteiger partial charge in [0.1, 0.15) is 5.25 Å². The van der Waals surface area contributed by atoms with Crippen molar-refractivity contribution in [1.82, 2.24) is 4.98 Å². The molecular formula is C24H26INO5S. The van der Waals surface area contributed by atoms with Crippen molar-refractivity contribution in [3.05, 3.63) is 62.5 Å². The minimum atomic E-state index is -3.14. The summed E-state index contributed by atoms with van der Waals surface area (Å²) in [6, 6.07) is 9.47. The molecule has 0 bridgehead atoms. The number of rotatable bonds is 7. The average Bonchev–Trinajstić information content (AvgIpc) is 3.33. The lowest BCUT2D eigenvalue weighted by Gasteiger charge is -2.15. The molecule has 3 heterocycles. The number of aromatic nitrogens is 1. The molecule has 0 amide bonds. The highest BCUT2D eigenvalue weighted by Gasteiger charge is 2.46. The molecule has 2 aliphatic heterocycles. The molecule has 2 aromatic rings. The fourth-order valence-corrected chi connectivity index (χ4v) is 7.14. The van der Waals surface area contributed by atoms with E-state index in [9.17, 15) is 13.5 Å². The molecule has 4 rings (SSSR count). The number of allylic oxidation sites excluding steroid dienone is 1. The quantitative estimate of drug-likeness (QED) is 0.388. The van der Waals surface area contributed by atoms with Crippen LogP contribution in [-0.2, 0) is 14.6 Å². The molecule has 6 nitrogen and oxygen atoms in total. The zero-order chi connectivity index (χ0) is 22.9. The summed E-state index contributed by atoms with van der Waals surface area (Å²) in [5.41, 5.74) is 4.76. The molecule has 0 saturated carbocycles. The average molecular weight is 567 g/mol. The van der Waals surface area contributed by atoms with Crippen LogP contribution in [0.4, 0.5) is 0 Å². The van der Waals surface area contributed by atoms with E-state index in [0.717, 1.165) is 34.4 Å². The first-order valence-corrected chi connectivity index (χ1v) is 13.4. The summed E-state index contributed by atoms with van der Waals surface area (Å²) in [7, 11) is -1.61. The van der Waals surface area contributed by atoms with Crippen molar-refractivity contribution < 1.29 is 23.0 Å². The first-order chi connectivity index (χ1) is 15.3. The van der Waals surface area contributed by atoms with Gasteiger partial charge < -0.3 is 14.6 Å². The van der Waals surface area contributed by atoms with Gasteiger partial charge in [-0.2, -0.15) is 0 Å². The first-order valence-electron chi connectivity index (χ1n) is 10.6. The third-order valence-corrected chi connectivity index (χ3v) is 8.90. The van der Waals surface area contributed by atoms with Crippen LogP contribution in [0.15, 0.2) is 47.7 Å². The Kier molecular flexibility index (Phi) is 6.92. The van der Waals surface area contributed by atoms with Crippen LogP contribution in [0.1, 0.15) is 37.4 Å². The third kappa shape index (κ3) is 4.58. The molecule has 1 saturated heterocycles. The van der Waals surface area contributed by atoms with Crippen molar-refractivity contribution in [3.63, 3.8) is 0 Å². The minimum absolute atomic E-state index is 0.122. The Bertz CT molecular complexity index is 1170. The number of halogens is 1. The molecule has 1 N–H and O–H groups in total. The molecule has 0 unspecified atom stereocenters. The van der Waals surface area contributed by atoms with E-state index in [0.29, 0.717) is 22.2 Å². The SMILES string of the molecule is CCC1=C2[C@@H](CC/C(=C/c3cc(I)c(O)c(OC)c3)c3ccccn3)OC[C@@H]2S(=O)(=O)C1.